The summed E-state index contributed by atoms with van der Waals surface area (Å²) in [6.45, 7) is 1.86. The molecule has 76 valence electrons. The third-order valence-electron chi connectivity index (χ3n) is 2.31. The first-order chi connectivity index (χ1) is 7.09. The molecule has 0 saturated heterocycles. The molecule has 1 aliphatic rings. The molecular formula is C11H9NO3. The number of rotatable bonds is 1. The quantitative estimate of drug-likeness (QED) is 0.678. The Hall–Kier alpha value is -2.10. The van der Waals surface area contributed by atoms with Crippen molar-refractivity contribution in [1.82, 2.24) is 0 Å². The highest BCUT2D eigenvalue weighted by Crippen LogP contribution is 2.33. The molecule has 0 aromatic heterocycles. The minimum absolute atomic E-state index is 0.209. The zero-order chi connectivity index (χ0) is 11.0. The number of anilines is 1. The number of hydrogen-bond acceptors (Lipinski definition) is 2. The summed E-state index contributed by atoms with van der Waals surface area (Å²) >= 11 is 0. The molecule has 0 spiro atoms. The van der Waals surface area contributed by atoms with Crippen molar-refractivity contribution in [2.24, 2.45) is 0 Å². The second kappa shape index (κ2) is 3.24. The topological polar surface area (TPSA) is 66.4 Å². The zero-order valence-electron chi connectivity index (χ0n) is 8.07. The summed E-state index contributed by atoms with van der Waals surface area (Å²) in [4.78, 5) is 22.0. The second-order valence-corrected chi connectivity index (χ2v) is 3.35. The standard InChI is InChI=1S/C11H9NO3/c1-6-3-2-4-7-8(5-9(13)14)11(15)12-10(6)7/h2-5H,1H3,(H,12,15)(H,13,14)/b8-5-. The van der Waals surface area contributed by atoms with Crippen LogP contribution < -0.4 is 5.32 Å². The molecule has 1 aromatic rings. The maximum absolute atomic E-state index is 11.5. The van der Waals surface area contributed by atoms with Gasteiger partial charge in [0.1, 0.15) is 0 Å². The van der Waals surface area contributed by atoms with E-state index in [1.165, 1.54) is 0 Å². The molecule has 0 fully saturated rings. The smallest absolute Gasteiger partial charge is 0.329 e. The fourth-order valence-corrected chi connectivity index (χ4v) is 1.63. The number of nitrogens with one attached hydrogen (secondary N) is 1. The number of carboxylic acid groups (broad SMARTS) is 1. The van der Waals surface area contributed by atoms with Gasteiger partial charge in [-0.15, -0.1) is 0 Å². The van der Waals surface area contributed by atoms with E-state index in [1.54, 1.807) is 12.1 Å². The van der Waals surface area contributed by atoms with Gasteiger partial charge in [0, 0.05) is 11.6 Å². The molecule has 15 heavy (non-hydrogen) atoms. The number of amides is 1. The fraction of sp³-hybridized carbons (Fsp3) is 0.0909. The van der Waals surface area contributed by atoms with Gasteiger partial charge >= 0.3 is 5.97 Å². The highest BCUT2D eigenvalue weighted by molar-refractivity contribution is 6.33. The van der Waals surface area contributed by atoms with Crippen molar-refractivity contribution >= 4 is 23.1 Å². The Kier molecular flexibility index (Phi) is 2.04. The van der Waals surface area contributed by atoms with Gasteiger partial charge in [-0.1, -0.05) is 18.2 Å². The van der Waals surface area contributed by atoms with E-state index in [0.717, 1.165) is 11.6 Å². The van der Waals surface area contributed by atoms with Gasteiger partial charge in [0.15, 0.2) is 0 Å². The summed E-state index contributed by atoms with van der Waals surface area (Å²) in [5.74, 6) is -1.48. The van der Waals surface area contributed by atoms with Crippen LogP contribution in [0.25, 0.3) is 5.57 Å². The van der Waals surface area contributed by atoms with Gasteiger partial charge < -0.3 is 10.4 Å². The molecule has 0 saturated carbocycles. The molecule has 0 radical (unpaired) electrons. The van der Waals surface area contributed by atoms with E-state index < -0.39 is 5.97 Å². The van der Waals surface area contributed by atoms with Crippen LogP contribution in [0.3, 0.4) is 0 Å². The van der Waals surface area contributed by atoms with Gasteiger partial charge in [-0.3, -0.25) is 4.79 Å². The van der Waals surface area contributed by atoms with E-state index in [2.05, 4.69) is 5.32 Å². The van der Waals surface area contributed by atoms with Gasteiger partial charge in [-0.05, 0) is 12.5 Å². The lowest BCUT2D eigenvalue weighted by Gasteiger charge is -2.00. The van der Waals surface area contributed by atoms with Crippen molar-refractivity contribution in [3.05, 3.63) is 35.4 Å². The van der Waals surface area contributed by atoms with Crippen LogP contribution in [0.2, 0.25) is 0 Å². The number of hydrogen-bond donors (Lipinski definition) is 2. The molecule has 1 amide bonds. The first kappa shape index (κ1) is 9.45. The molecular weight excluding hydrogens is 194 g/mol. The Morgan fingerprint density at radius 3 is 2.87 bits per heavy atom. The number of benzene rings is 1. The Labute approximate surface area is 86.2 Å². The van der Waals surface area contributed by atoms with Crippen LogP contribution in [-0.4, -0.2) is 17.0 Å². The SMILES string of the molecule is Cc1cccc2c1NC(=O)/C2=C\C(=O)O. The number of carbonyl (C=O) groups excluding carboxylic acids is 1. The maximum atomic E-state index is 11.5. The maximum Gasteiger partial charge on any atom is 0.329 e. The molecule has 4 nitrogen and oxygen atoms in total. The van der Waals surface area contributed by atoms with Gasteiger partial charge in [0.25, 0.3) is 5.91 Å². The van der Waals surface area contributed by atoms with Gasteiger partial charge in [0.05, 0.1) is 11.3 Å². The van der Waals surface area contributed by atoms with E-state index in [0.29, 0.717) is 11.3 Å². The van der Waals surface area contributed by atoms with Crippen LogP contribution in [0, 0.1) is 6.92 Å². The van der Waals surface area contributed by atoms with Gasteiger partial charge in [0.2, 0.25) is 0 Å². The monoisotopic (exact) mass is 203 g/mol. The van der Waals surface area contributed by atoms with Crippen LogP contribution >= 0.6 is 0 Å². The van der Waals surface area contributed by atoms with Crippen LogP contribution in [0.5, 0.6) is 0 Å². The Bertz CT molecular complexity index is 489. The van der Waals surface area contributed by atoms with Crippen molar-refractivity contribution in [2.45, 2.75) is 6.92 Å². The molecule has 2 N–H and O–H groups in total. The molecule has 0 atom stereocenters. The van der Waals surface area contributed by atoms with Gasteiger partial charge in [-0.2, -0.15) is 0 Å². The Morgan fingerprint density at radius 2 is 2.20 bits per heavy atom. The Balaban J connectivity index is 2.61. The molecule has 4 heteroatoms. The van der Waals surface area contributed by atoms with Crippen molar-refractivity contribution in [3.8, 4) is 0 Å². The summed E-state index contributed by atoms with van der Waals surface area (Å²) in [6.07, 6.45) is 0.931. The van der Waals surface area contributed by atoms with Crippen LogP contribution in [0.1, 0.15) is 11.1 Å². The average Bonchev–Trinajstić information content (AvgIpc) is 2.45. The number of aliphatic carboxylic acids is 1. The molecule has 1 aromatic carbocycles. The van der Waals surface area contributed by atoms with E-state index in [1.807, 2.05) is 13.0 Å². The van der Waals surface area contributed by atoms with Crippen LogP contribution in [0.4, 0.5) is 5.69 Å². The number of para-hydroxylation sites is 1. The minimum Gasteiger partial charge on any atom is -0.478 e. The number of carbonyl (C=O) groups is 2. The summed E-state index contributed by atoms with van der Waals surface area (Å²) in [5, 5.41) is 11.3. The lowest BCUT2D eigenvalue weighted by atomic mass is 10.0. The Morgan fingerprint density at radius 1 is 1.47 bits per heavy atom. The highest BCUT2D eigenvalue weighted by atomic mass is 16.4. The summed E-state index contributed by atoms with van der Waals surface area (Å²) in [6, 6.07) is 5.39. The minimum atomic E-state index is -1.12. The van der Waals surface area contributed by atoms with Crippen molar-refractivity contribution in [3.63, 3.8) is 0 Å². The predicted octanol–water partition coefficient (Wildman–Crippen LogP) is 1.42. The van der Waals surface area contributed by atoms with E-state index in [-0.39, 0.29) is 11.5 Å². The first-order valence-electron chi connectivity index (χ1n) is 4.45. The summed E-state index contributed by atoms with van der Waals surface area (Å²) in [5.41, 5.74) is 2.49. The third-order valence-corrected chi connectivity index (χ3v) is 2.31. The number of carboxylic acids is 1. The van der Waals surface area contributed by atoms with Crippen LogP contribution in [-0.2, 0) is 9.59 Å². The highest BCUT2D eigenvalue weighted by Gasteiger charge is 2.25. The molecule has 0 bridgehead atoms. The van der Waals surface area contributed by atoms with Crippen LogP contribution in [0.15, 0.2) is 24.3 Å². The van der Waals surface area contributed by atoms with Crippen molar-refractivity contribution in [2.75, 3.05) is 5.32 Å². The number of aryl methyl sites for hydroxylation is 1. The zero-order valence-corrected chi connectivity index (χ0v) is 8.07. The van der Waals surface area contributed by atoms with E-state index in [4.69, 9.17) is 5.11 Å². The normalized spacial score (nSPS) is 16.3. The molecule has 1 aliphatic heterocycles. The second-order valence-electron chi connectivity index (χ2n) is 3.35. The first-order valence-corrected chi connectivity index (χ1v) is 4.45. The molecule has 0 unspecified atom stereocenters. The largest absolute Gasteiger partial charge is 0.478 e. The lowest BCUT2D eigenvalue weighted by molar-refractivity contribution is -0.131. The average molecular weight is 203 g/mol. The van der Waals surface area contributed by atoms with Crippen molar-refractivity contribution < 1.29 is 14.7 Å². The third kappa shape index (κ3) is 1.50. The van der Waals surface area contributed by atoms with E-state index >= 15 is 0 Å². The fourth-order valence-electron chi connectivity index (χ4n) is 1.63. The lowest BCUT2D eigenvalue weighted by Crippen LogP contribution is -2.05. The van der Waals surface area contributed by atoms with Crippen molar-refractivity contribution in [1.29, 1.82) is 0 Å². The van der Waals surface area contributed by atoms with Gasteiger partial charge in [-0.25, -0.2) is 4.79 Å². The molecule has 1 heterocycles. The molecule has 2 rings (SSSR count). The summed E-state index contributed by atoms with van der Waals surface area (Å²) < 4.78 is 0. The number of fused-ring (bicyclic) bond motifs is 1. The predicted molar refractivity (Wildman–Crippen MR) is 55.4 cm³/mol. The molecule has 0 aliphatic carbocycles. The summed E-state index contributed by atoms with van der Waals surface area (Å²) in [7, 11) is 0. The van der Waals surface area contributed by atoms with E-state index in [9.17, 15) is 9.59 Å².